The molecule has 68 valence electrons. The average Bonchev–Trinajstić information content (AvgIpc) is 2.08. The lowest BCUT2D eigenvalue weighted by Crippen LogP contribution is -1.90. The molecule has 0 unspecified atom stereocenters. The minimum Gasteiger partial charge on any atom is -0.258 e. The Morgan fingerprint density at radius 2 is 2.23 bits per heavy atom. The van der Waals surface area contributed by atoms with E-state index in [0.717, 1.165) is 0 Å². The third-order valence-corrected chi connectivity index (χ3v) is 1.84. The summed E-state index contributed by atoms with van der Waals surface area (Å²) >= 11 is 5.66. The van der Waals surface area contributed by atoms with Gasteiger partial charge >= 0.3 is 0 Å². The average molecular weight is 201 g/mol. The first-order valence-corrected chi connectivity index (χ1v) is 3.75. The third kappa shape index (κ3) is 2.22. The van der Waals surface area contributed by atoms with Crippen LogP contribution >= 0.6 is 11.6 Å². The summed E-state index contributed by atoms with van der Waals surface area (Å²) in [4.78, 5) is 19.7. The van der Waals surface area contributed by atoms with E-state index in [9.17, 15) is 15.0 Å². The molecular formula is C7H5ClN2O3. The van der Waals surface area contributed by atoms with Gasteiger partial charge in [-0.1, -0.05) is 16.8 Å². The molecule has 5 nitrogen and oxygen atoms in total. The van der Waals surface area contributed by atoms with Gasteiger partial charge < -0.3 is 0 Å². The summed E-state index contributed by atoms with van der Waals surface area (Å²) in [6, 6.07) is 3.89. The molecule has 0 spiro atoms. The van der Waals surface area contributed by atoms with Crippen molar-refractivity contribution in [2.45, 2.75) is 6.54 Å². The van der Waals surface area contributed by atoms with E-state index in [0.29, 0.717) is 10.6 Å². The zero-order valence-electron chi connectivity index (χ0n) is 6.44. The molecule has 0 saturated heterocycles. The van der Waals surface area contributed by atoms with Gasteiger partial charge in [0, 0.05) is 22.7 Å². The van der Waals surface area contributed by atoms with E-state index in [-0.39, 0.29) is 12.2 Å². The number of nitrogens with zero attached hydrogens (tertiary/aromatic N) is 2. The predicted octanol–water partition coefficient (Wildman–Crippen LogP) is 2.51. The molecule has 0 bridgehead atoms. The van der Waals surface area contributed by atoms with Gasteiger partial charge in [-0.15, -0.1) is 0 Å². The van der Waals surface area contributed by atoms with Gasteiger partial charge in [0.25, 0.3) is 5.69 Å². The van der Waals surface area contributed by atoms with Gasteiger partial charge in [0.2, 0.25) is 0 Å². The molecule has 0 aliphatic rings. The number of nitroso groups, excluding NO2 is 1. The van der Waals surface area contributed by atoms with Crippen LogP contribution in [0.4, 0.5) is 5.69 Å². The van der Waals surface area contributed by atoms with E-state index in [1.54, 1.807) is 0 Å². The molecule has 1 aromatic carbocycles. The number of nitro benzene ring substituents is 1. The van der Waals surface area contributed by atoms with Gasteiger partial charge in [0.1, 0.15) is 6.54 Å². The highest BCUT2D eigenvalue weighted by Crippen LogP contribution is 2.22. The molecule has 0 radical (unpaired) electrons. The second kappa shape index (κ2) is 3.95. The molecule has 0 aliphatic heterocycles. The maximum Gasteiger partial charge on any atom is 0.269 e. The van der Waals surface area contributed by atoms with Gasteiger partial charge in [-0.3, -0.25) is 10.1 Å². The third-order valence-electron chi connectivity index (χ3n) is 1.48. The van der Waals surface area contributed by atoms with E-state index < -0.39 is 4.92 Å². The first kappa shape index (κ1) is 9.60. The standard InChI is InChI=1S/C7H5ClN2O3/c8-7-2-1-6(10(12)13)3-5(7)4-9-11/h1-3H,4H2. The first-order valence-electron chi connectivity index (χ1n) is 3.37. The first-order chi connectivity index (χ1) is 6.15. The largest absolute Gasteiger partial charge is 0.269 e. The number of hydrogen-bond acceptors (Lipinski definition) is 4. The Morgan fingerprint density at radius 1 is 1.54 bits per heavy atom. The van der Waals surface area contributed by atoms with Crippen molar-refractivity contribution in [1.82, 2.24) is 0 Å². The highest BCUT2D eigenvalue weighted by molar-refractivity contribution is 6.31. The summed E-state index contributed by atoms with van der Waals surface area (Å²) in [5.41, 5.74) is 0.272. The van der Waals surface area contributed by atoms with Crippen molar-refractivity contribution in [3.8, 4) is 0 Å². The Hall–Kier alpha value is -1.49. The quantitative estimate of drug-likeness (QED) is 0.428. The van der Waals surface area contributed by atoms with Crippen LogP contribution < -0.4 is 0 Å². The van der Waals surface area contributed by atoms with Gasteiger partial charge in [-0.05, 0) is 6.07 Å². The fourth-order valence-corrected chi connectivity index (χ4v) is 1.04. The number of nitro groups is 1. The molecule has 0 N–H and O–H groups in total. The molecule has 0 heterocycles. The highest BCUT2D eigenvalue weighted by Gasteiger charge is 2.09. The van der Waals surface area contributed by atoms with Crippen molar-refractivity contribution < 1.29 is 4.92 Å². The Balaban J connectivity index is 3.10. The molecule has 13 heavy (non-hydrogen) atoms. The molecular weight excluding hydrogens is 196 g/mol. The molecule has 1 rings (SSSR count). The fraction of sp³-hybridized carbons (Fsp3) is 0.143. The molecule has 0 saturated carbocycles. The SMILES string of the molecule is O=NCc1cc([N+](=O)[O-])ccc1Cl. The van der Waals surface area contributed by atoms with Gasteiger partial charge in [0.15, 0.2) is 0 Å². The molecule has 0 atom stereocenters. The Kier molecular flexibility index (Phi) is 2.92. The fourth-order valence-electron chi connectivity index (χ4n) is 0.865. The van der Waals surface area contributed by atoms with Crippen LogP contribution in [0, 0.1) is 15.0 Å². The number of halogens is 1. The van der Waals surface area contributed by atoms with Crippen molar-refractivity contribution in [1.29, 1.82) is 0 Å². The monoisotopic (exact) mass is 200 g/mol. The lowest BCUT2D eigenvalue weighted by atomic mass is 10.2. The van der Waals surface area contributed by atoms with Crippen LogP contribution in [-0.4, -0.2) is 4.92 Å². The van der Waals surface area contributed by atoms with Crippen molar-refractivity contribution in [2.75, 3.05) is 0 Å². The second-order valence-electron chi connectivity index (χ2n) is 2.32. The van der Waals surface area contributed by atoms with Crippen molar-refractivity contribution >= 4 is 17.3 Å². The summed E-state index contributed by atoms with van der Waals surface area (Å²) in [5, 5.41) is 13.2. The van der Waals surface area contributed by atoms with Crippen LogP contribution in [0.3, 0.4) is 0 Å². The summed E-state index contributed by atoms with van der Waals surface area (Å²) in [5.74, 6) is 0. The van der Waals surface area contributed by atoms with Crippen LogP contribution in [0.5, 0.6) is 0 Å². The Labute approximate surface area is 78.4 Å². The maximum absolute atomic E-state index is 10.3. The number of benzene rings is 1. The van der Waals surface area contributed by atoms with Crippen LogP contribution in [-0.2, 0) is 6.54 Å². The molecule has 1 aromatic rings. The zero-order valence-corrected chi connectivity index (χ0v) is 7.19. The topological polar surface area (TPSA) is 72.6 Å². The van der Waals surface area contributed by atoms with E-state index in [4.69, 9.17) is 11.6 Å². The molecule has 0 aromatic heterocycles. The Bertz CT molecular complexity index is 354. The summed E-state index contributed by atoms with van der Waals surface area (Å²) in [7, 11) is 0. The lowest BCUT2D eigenvalue weighted by Gasteiger charge is -1.97. The molecule has 6 heteroatoms. The number of non-ortho nitro benzene ring substituents is 1. The zero-order chi connectivity index (χ0) is 9.84. The lowest BCUT2D eigenvalue weighted by molar-refractivity contribution is -0.384. The Morgan fingerprint density at radius 3 is 2.77 bits per heavy atom. The van der Waals surface area contributed by atoms with Crippen LogP contribution in [0.2, 0.25) is 5.02 Å². The van der Waals surface area contributed by atoms with Crippen LogP contribution in [0.1, 0.15) is 5.56 Å². The summed E-state index contributed by atoms with van der Waals surface area (Å²) in [6.45, 7) is -0.152. The maximum atomic E-state index is 10.3. The van der Waals surface area contributed by atoms with Gasteiger partial charge in [-0.25, -0.2) is 0 Å². The molecule has 0 amide bonds. The van der Waals surface area contributed by atoms with Gasteiger partial charge in [-0.2, -0.15) is 4.91 Å². The minimum atomic E-state index is -0.551. The second-order valence-corrected chi connectivity index (χ2v) is 2.73. The van der Waals surface area contributed by atoms with E-state index in [1.807, 2.05) is 0 Å². The van der Waals surface area contributed by atoms with Crippen LogP contribution in [0.25, 0.3) is 0 Å². The molecule has 0 fully saturated rings. The smallest absolute Gasteiger partial charge is 0.258 e. The van der Waals surface area contributed by atoms with E-state index >= 15 is 0 Å². The summed E-state index contributed by atoms with van der Waals surface area (Å²) in [6.07, 6.45) is 0. The normalized spacial score (nSPS) is 9.62. The molecule has 0 aliphatic carbocycles. The summed E-state index contributed by atoms with van der Waals surface area (Å²) < 4.78 is 0. The van der Waals surface area contributed by atoms with E-state index in [1.165, 1.54) is 18.2 Å². The van der Waals surface area contributed by atoms with Crippen LogP contribution in [0.15, 0.2) is 23.4 Å². The number of rotatable bonds is 3. The predicted molar refractivity (Wildman–Crippen MR) is 47.6 cm³/mol. The minimum absolute atomic E-state index is 0.0944. The number of hydrogen-bond donors (Lipinski definition) is 0. The van der Waals surface area contributed by atoms with Gasteiger partial charge in [0.05, 0.1) is 4.92 Å². The van der Waals surface area contributed by atoms with Crippen molar-refractivity contribution in [3.05, 3.63) is 43.8 Å². The van der Waals surface area contributed by atoms with Crippen molar-refractivity contribution in [2.24, 2.45) is 5.18 Å². The van der Waals surface area contributed by atoms with E-state index in [2.05, 4.69) is 5.18 Å². The highest BCUT2D eigenvalue weighted by atomic mass is 35.5. The van der Waals surface area contributed by atoms with Crippen molar-refractivity contribution in [3.63, 3.8) is 0 Å².